The summed E-state index contributed by atoms with van der Waals surface area (Å²) < 4.78 is 67.4. The standard InChI is InChI=1S/C15H14F3N3O4S/c16-15(17,18)14-19-12(20-25-14)10-4-6-11(7-5-10)13(22)21-26(23,24)8-9-2-1-3-9/h4-7,9H,1-3,8H2,(H,21,22). The topological polar surface area (TPSA) is 102 Å². The lowest BCUT2D eigenvalue weighted by Gasteiger charge is -2.24. The molecule has 1 N–H and O–H groups in total. The molecule has 1 aromatic carbocycles. The van der Waals surface area contributed by atoms with Crippen LogP contribution in [0.1, 0.15) is 35.5 Å². The van der Waals surface area contributed by atoms with Crippen molar-refractivity contribution in [3.8, 4) is 11.4 Å². The number of nitrogens with zero attached hydrogens (tertiary/aromatic N) is 2. The summed E-state index contributed by atoms with van der Waals surface area (Å²) in [7, 11) is -3.73. The molecule has 1 aliphatic rings. The second kappa shape index (κ2) is 6.71. The minimum absolute atomic E-state index is 0.0467. The van der Waals surface area contributed by atoms with Crippen LogP contribution in [0.2, 0.25) is 0 Å². The van der Waals surface area contributed by atoms with Crippen LogP contribution in [-0.2, 0) is 16.2 Å². The van der Waals surface area contributed by atoms with E-state index < -0.39 is 28.0 Å². The molecule has 0 spiro atoms. The van der Waals surface area contributed by atoms with Crippen molar-refractivity contribution in [3.63, 3.8) is 0 Å². The van der Waals surface area contributed by atoms with Crippen molar-refractivity contribution in [3.05, 3.63) is 35.7 Å². The van der Waals surface area contributed by atoms with E-state index in [1.165, 1.54) is 24.3 Å². The summed E-state index contributed by atoms with van der Waals surface area (Å²) in [6.45, 7) is 0. The molecule has 0 bridgehead atoms. The lowest BCUT2D eigenvalue weighted by atomic mass is 9.87. The molecule has 140 valence electrons. The van der Waals surface area contributed by atoms with Gasteiger partial charge in [0.15, 0.2) is 0 Å². The van der Waals surface area contributed by atoms with Gasteiger partial charge in [-0.15, -0.1) is 0 Å². The van der Waals surface area contributed by atoms with Gasteiger partial charge in [-0.05, 0) is 30.9 Å². The monoisotopic (exact) mass is 389 g/mol. The molecule has 0 radical (unpaired) electrons. The molecule has 0 unspecified atom stereocenters. The Labute approximate surface area is 146 Å². The quantitative estimate of drug-likeness (QED) is 0.843. The summed E-state index contributed by atoms with van der Waals surface area (Å²) in [6, 6.07) is 5.15. The highest BCUT2D eigenvalue weighted by atomic mass is 32.2. The Morgan fingerprint density at radius 3 is 2.38 bits per heavy atom. The fourth-order valence-electron chi connectivity index (χ4n) is 2.44. The molecule has 1 fully saturated rings. The molecule has 0 saturated heterocycles. The summed E-state index contributed by atoms with van der Waals surface area (Å²) in [5.74, 6) is -2.60. The highest BCUT2D eigenvalue weighted by molar-refractivity contribution is 7.90. The fraction of sp³-hybridized carbons (Fsp3) is 0.400. The van der Waals surface area contributed by atoms with E-state index >= 15 is 0 Å². The van der Waals surface area contributed by atoms with Gasteiger partial charge in [-0.3, -0.25) is 4.79 Å². The number of alkyl halides is 3. The number of rotatable bonds is 5. The van der Waals surface area contributed by atoms with Gasteiger partial charge in [-0.1, -0.05) is 23.7 Å². The fourth-order valence-corrected chi connectivity index (χ4v) is 3.88. The van der Waals surface area contributed by atoms with E-state index in [9.17, 15) is 26.4 Å². The lowest BCUT2D eigenvalue weighted by molar-refractivity contribution is -0.159. The molecule has 26 heavy (non-hydrogen) atoms. The molecular weight excluding hydrogens is 375 g/mol. The van der Waals surface area contributed by atoms with E-state index in [2.05, 4.69) is 14.7 Å². The van der Waals surface area contributed by atoms with E-state index in [0.717, 1.165) is 19.3 Å². The van der Waals surface area contributed by atoms with Gasteiger partial charge < -0.3 is 4.52 Å². The van der Waals surface area contributed by atoms with Crippen LogP contribution < -0.4 is 4.72 Å². The zero-order valence-corrected chi connectivity index (χ0v) is 14.1. The van der Waals surface area contributed by atoms with E-state index in [1.54, 1.807) is 0 Å². The van der Waals surface area contributed by atoms with Crippen LogP contribution in [0.15, 0.2) is 28.8 Å². The average molecular weight is 389 g/mol. The number of halogens is 3. The van der Waals surface area contributed by atoms with Crippen LogP contribution in [0, 0.1) is 5.92 Å². The van der Waals surface area contributed by atoms with Crippen molar-refractivity contribution in [1.82, 2.24) is 14.9 Å². The Morgan fingerprint density at radius 2 is 1.88 bits per heavy atom. The molecule has 2 aromatic rings. The molecular formula is C15H14F3N3O4S. The van der Waals surface area contributed by atoms with Gasteiger partial charge in [0.05, 0.1) is 5.75 Å². The third-order valence-corrected chi connectivity index (χ3v) is 5.41. The number of nitrogens with one attached hydrogen (secondary N) is 1. The highest BCUT2D eigenvalue weighted by Gasteiger charge is 2.38. The van der Waals surface area contributed by atoms with Gasteiger partial charge in [0.25, 0.3) is 5.91 Å². The lowest BCUT2D eigenvalue weighted by Crippen LogP contribution is -2.36. The number of carbonyl (C=O) groups is 1. The van der Waals surface area contributed by atoms with E-state index in [1.807, 2.05) is 4.72 Å². The van der Waals surface area contributed by atoms with Crippen LogP contribution in [-0.4, -0.2) is 30.2 Å². The number of benzene rings is 1. The summed E-state index contributed by atoms with van der Waals surface area (Å²) in [5, 5.41) is 3.23. The first-order valence-corrected chi connectivity index (χ1v) is 9.35. The average Bonchev–Trinajstić information content (AvgIpc) is 3.01. The molecule has 0 atom stereocenters. The Hall–Kier alpha value is -2.43. The van der Waals surface area contributed by atoms with Gasteiger partial charge in [0, 0.05) is 11.1 Å². The van der Waals surface area contributed by atoms with Crippen LogP contribution in [0.25, 0.3) is 11.4 Å². The normalized spacial score (nSPS) is 15.5. The Morgan fingerprint density at radius 1 is 1.23 bits per heavy atom. The van der Waals surface area contributed by atoms with Crippen LogP contribution in [0.4, 0.5) is 13.2 Å². The number of hydrogen-bond donors (Lipinski definition) is 1. The zero-order chi connectivity index (χ0) is 18.9. The summed E-state index contributed by atoms with van der Waals surface area (Å²) in [5.41, 5.74) is 0.239. The van der Waals surface area contributed by atoms with Crippen molar-refractivity contribution in [1.29, 1.82) is 0 Å². The Balaban J connectivity index is 1.68. The smallest absolute Gasteiger partial charge is 0.329 e. The van der Waals surface area contributed by atoms with Gasteiger partial charge >= 0.3 is 12.1 Å². The van der Waals surface area contributed by atoms with Crippen LogP contribution in [0.5, 0.6) is 0 Å². The first-order valence-electron chi connectivity index (χ1n) is 7.70. The molecule has 11 heteroatoms. The number of aromatic nitrogens is 2. The maximum absolute atomic E-state index is 12.5. The molecule has 1 heterocycles. The van der Waals surface area contributed by atoms with Gasteiger partial charge in [0.2, 0.25) is 15.8 Å². The number of carbonyl (C=O) groups excluding carboxylic acids is 1. The second-order valence-corrected chi connectivity index (χ2v) is 7.77. The largest absolute Gasteiger partial charge is 0.471 e. The molecule has 7 nitrogen and oxygen atoms in total. The van der Waals surface area contributed by atoms with Gasteiger partial charge in [0.1, 0.15) is 0 Å². The Kier molecular flexibility index (Phi) is 4.74. The van der Waals surface area contributed by atoms with E-state index in [-0.39, 0.29) is 28.6 Å². The van der Waals surface area contributed by atoms with E-state index in [0.29, 0.717) is 0 Å². The minimum atomic E-state index is -4.75. The highest BCUT2D eigenvalue weighted by Crippen LogP contribution is 2.29. The van der Waals surface area contributed by atoms with Crippen molar-refractivity contribution < 1.29 is 30.9 Å². The third-order valence-electron chi connectivity index (χ3n) is 4.00. The van der Waals surface area contributed by atoms with Crippen molar-refractivity contribution in [2.24, 2.45) is 5.92 Å². The summed E-state index contributed by atoms with van der Waals surface area (Å²) in [6.07, 6.45) is -2.11. The number of sulfonamides is 1. The molecule has 1 amide bonds. The molecule has 0 aliphatic heterocycles. The van der Waals surface area contributed by atoms with Gasteiger partial charge in [-0.2, -0.15) is 18.2 Å². The predicted molar refractivity (Wildman–Crippen MR) is 83.3 cm³/mol. The molecule has 3 rings (SSSR count). The maximum Gasteiger partial charge on any atom is 0.471 e. The molecule has 1 aliphatic carbocycles. The van der Waals surface area contributed by atoms with Gasteiger partial charge in [-0.25, -0.2) is 13.1 Å². The summed E-state index contributed by atoms with van der Waals surface area (Å²) >= 11 is 0. The summed E-state index contributed by atoms with van der Waals surface area (Å²) in [4.78, 5) is 15.3. The SMILES string of the molecule is O=C(NS(=O)(=O)CC1CCC1)c1ccc(-c2noc(C(F)(F)F)n2)cc1. The second-order valence-electron chi connectivity index (χ2n) is 6.01. The zero-order valence-electron chi connectivity index (χ0n) is 13.3. The van der Waals surface area contributed by atoms with Crippen molar-refractivity contribution in [2.75, 3.05) is 5.75 Å². The number of hydrogen-bond acceptors (Lipinski definition) is 6. The van der Waals surface area contributed by atoms with Crippen LogP contribution in [0.3, 0.4) is 0 Å². The first-order chi connectivity index (χ1) is 12.1. The first kappa shape index (κ1) is 18.4. The maximum atomic E-state index is 12.5. The molecule has 1 aromatic heterocycles. The minimum Gasteiger partial charge on any atom is -0.329 e. The Bertz CT molecular complexity index is 903. The van der Waals surface area contributed by atoms with Crippen LogP contribution >= 0.6 is 0 Å². The third kappa shape index (κ3) is 4.21. The molecule has 1 saturated carbocycles. The van der Waals surface area contributed by atoms with Crippen molar-refractivity contribution >= 4 is 15.9 Å². The predicted octanol–water partition coefficient (Wildman–Crippen LogP) is 2.62. The van der Waals surface area contributed by atoms with Crippen molar-refractivity contribution in [2.45, 2.75) is 25.4 Å². The number of amides is 1. The van der Waals surface area contributed by atoms with E-state index in [4.69, 9.17) is 0 Å².